The molecule has 1 aliphatic heterocycles. The second kappa shape index (κ2) is 7.68. The first-order valence-corrected chi connectivity index (χ1v) is 8.38. The van der Waals surface area contributed by atoms with Gasteiger partial charge in [-0.2, -0.15) is 0 Å². The van der Waals surface area contributed by atoms with E-state index in [1.54, 1.807) is 18.2 Å². The third kappa shape index (κ3) is 5.25. The lowest BCUT2D eigenvalue weighted by atomic mass is 9.97. The number of methoxy groups -OCH3 is 1. The molecule has 1 aromatic rings. The monoisotopic (exact) mass is 336 g/mol. The Bertz CT molecular complexity index is 563. The molecule has 1 aliphatic rings. The number of hydrogen-bond acceptors (Lipinski definition) is 6. The number of carbonyl (C=O) groups is 1. The van der Waals surface area contributed by atoms with Gasteiger partial charge in [-0.1, -0.05) is 0 Å². The lowest BCUT2D eigenvalue weighted by Gasteiger charge is -2.33. The molecule has 1 aromatic heterocycles. The number of aryl methyl sites for hydroxylation is 1. The normalized spacial score (nSPS) is 16.0. The van der Waals surface area contributed by atoms with E-state index in [2.05, 4.69) is 15.3 Å². The molecule has 134 valence electrons. The second-order valence-corrected chi connectivity index (χ2v) is 7.16. The van der Waals surface area contributed by atoms with Gasteiger partial charge in [-0.05, 0) is 46.5 Å². The Morgan fingerprint density at radius 3 is 2.62 bits per heavy atom. The average Bonchev–Trinajstić information content (AvgIpc) is 2.52. The maximum Gasteiger partial charge on any atom is 0.410 e. The first-order chi connectivity index (χ1) is 11.3. The zero-order valence-corrected chi connectivity index (χ0v) is 15.3. The molecule has 0 aromatic carbocycles. The van der Waals surface area contributed by atoms with Gasteiger partial charge in [0.05, 0.1) is 19.0 Å². The molecule has 1 amide bonds. The van der Waals surface area contributed by atoms with E-state index < -0.39 is 5.60 Å². The van der Waals surface area contributed by atoms with Gasteiger partial charge < -0.3 is 19.7 Å². The molecule has 0 atom stereocenters. The number of nitrogens with one attached hydrogen (secondary N) is 1. The zero-order chi connectivity index (χ0) is 17.7. The van der Waals surface area contributed by atoms with Crippen molar-refractivity contribution in [3.63, 3.8) is 0 Å². The summed E-state index contributed by atoms with van der Waals surface area (Å²) >= 11 is 0. The number of ether oxygens (including phenoxy) is 2. The molecular formula is C17H28N4O3. The van der Waals surface area contributed by atoms with Gasteiger partial charge in [0.15, 0.2) is 5.82 Å². The summed E-state index contributed by atoms with van der Waals surface area (Å²) in [6.07, 6.45) is 3.37. The number of rotatable bonds is 4. The number of anilines is 1. The van der Waals surface area contributed by atoms with Crippen LogP contribution in [0.15, 0.2) is 6.20 Å². The number of aromatic nitrogens is 2. The molecule has 0 saturated carbocycles. The van der Waals surface area contributed by atoms with Gasteiger partial charge in [0.1, 0.15) is 5.60 Å². The molecule has 0 bridgehead atoms. The fourth-order valence-electron chi connectivity index (χ4n) is 2.61. The van der Waals surface area contributed by atoms with E-state index in [9.17, 15) is 4.79 Å². The lowest BCUT2D eigenvalue weighted by molar-refractivity contribution is 0.0188. The van der Waals surface area contributed by atoms with Gasteiger partial charge in [0.25, 0.3) is 5.88 Å². The molecule has 24 heavy (non-hydrogen) atoms. The van der Waals surface area contributed by atoms with Gasteiger partial charge in [-0.3, -0.25) is 0 Å². The Morgan fingerprint density at radius 1 is 1.38 bits per heavy atom. The quantitative estimate of drug-likeness (QED) is 0.911. The topological polar surface area (TPSA) is 76.6 Å². The predicted octanol–water partition coefficient (Wildman–Crippen LogP) is 2.85. The number of hydrogen-bond donors (Lipinski definition) is 1. The molecule has 0 radical (unpaired) electrons. The van der Waals surface area contributed by atoms with Crippen molar-refractivity contribution in [2.24, 2.45) is 5.92 Å². The van der Waals surface area contributed by atoms with Crippen LogP contribution < -0.4 is 10.1 Å². The van der Waals surface area contributed by atoms with E-state index in [4.69, 9.17) is 9.47 Å². The molecular weight excluding hydrogens is 308 g/mol. The third-order valence-electron chi connectivity index (χ3n) is 3.88. The van der Waals surface area contributed by atoms with Crippen molar-refractivity contribution in [1.82, 2.24) is 14.9 Å². The highest BCUT2D eigenvalue weighted by molar-refractivity contribution is 5.68. The van der Waals surface area contributed by atoms with Crippen LogP contribution >= 0.6 is 0 Å². The highest BCUT2D eigenvalue weighted by Gasteiger charge is 2.26. The van der Waals surface area contributed by atoms with Crippen LogP contribution in [0.1, 0.15) is 39.3 Å². The van der Waals surface area contributed by atoms with Gasteiger partial charge in [0, 0.05) is 19.6 Å². The molecule has 2 rings (SSSR count). The maximum absolute atomic E-state index is 12.1. The van der Waals surface area contributed by atoms with Crippen LogP contribution in [0.4, 0.5) is 10.6 Å². The van der Waals surface area contributed by atoms with E-state index in [-0.39, 0.29) is 6.09 Å². The fourth-order valence-corrected chi connectivity index (χ4v) is 2.61. The van der Waals surface area contributed by atoms with Crippen molar-refractivity contribution in [2.75, 3.05) is 32.1 Å². The summed E-state index contributed by atoms with van der Waals surface area (Å²) in [5.74, 6) is 1.66. The molecule has 1 saturated heterocycles. The minimum Gasteiger partial charge on any atom is -0.478 e. The van der Waals surface area contributed by atoms with E-state index >= 15 is 0 Å². The molecule has 1 N–H and O–H groups in total. The minimum absolute atomic E-state index is 0.222. The van der Waals surface area contributed by atoms with Crippen LogP contribution in [0.5, 0.6) is 5.88 Å². The number of carbonyl (C=O) groups excluding carboxylic acids is 1. The molecule has 1 fully saturated rings. The Morgan fingerprint density at radius 2 is 2.04 bits per heavy atom. The second-order valence-electron chi connectivity index (χ2n) is 7.16. The Kier molecular flexibility index (Phi) is 5.85. The van der Waals surface area contributed by atoms with Crippen molar-refractivity contribution in [3.8, 4) is 5.88 Å². The van der Waals surface area contributed by atoms with E-state index in [0.717, 1.165) is 38.2 Å². The summed E-state index contributed by atoms with van der Waals surface area (Å²) in [4.78, 5) is 22.5. The number of nitrogens with zero attached hydrogens (tertiary/aromatic N) is 3. The van der Waals surface area contributed by atoms with Crippen molar-refractivity contribution < 1.29 is 14.3 Å². The summed E-state index contributed by atoms with van der Waals surface area (Å²) in [5, 5.41) is 3.31. The fraction of sp³-hybridized carbons (Fsp3) is 0.706. The standard InChI is InChI=1S/C17H28N4O3/c1-12-10-18-14(15(20-12)23-5)19-11-13-6-8-21(9-7-13)16(22)24-17(2,3)4/h10,13H,6-9,11H2,1-5H3,(H,18,19). The van der Waals surface area contributed by atoms with E-state index in [0.29, 0.717) is 17.6 Å². The minimum atomic E-state index is -0.448. The molecule has 0 aliphatic carbocycles. The molecule has 2 heterocycles. The number of likely N-dealkylation sites (tertiary alicyclic amines) is 1. The molecule has 0 spiro atoms. The summed E-state index contributed by atoms with van der Waals surface area (Å²) in [5.41, 5.74) is 0.374. The molecule has 7 nitrogen and oxygen atoms in total. The zero-order valence-electron chi connectivity index (χ0n) is 15.3. The van der Waals surface area contributed by atoms with Crippen molar-refractivity contribution >= 4 is 11.9 Å². The maximum atomic E-state index is 12.1. The number of amides is 1. The summed E-state index contributed by atoms with van der Waals surface area (Å²) < 4.78 is 10.7. The van der Waals surface area contributed by atoms with Gasteiger partial charge in [-0.15, -0.1) is 0 Å². The van der Waals surface area contributed by atoms with Crippen LogP contribution in [0.2, 0.25) is 0 Å². The summed E-state index contributed by atoms with van der Waals surface area (Å²) in [6, 6.07) is 0. The largest absolute Gasteiger partial charge is 0.478 e. The number of piperidine rings is 1. The third-order valence-corrected chi connectivity index (χ3v) is 3.88. The summed E-state index contributed by atoms with van der Waals surface area (Å²) in [7, 11) is 1.59. The van der Waals surface area contributed by atoms with Crippen LogP contribution in [0.3, 0.4) is 0 Å². The SMILES string of the molecule is COc1nc(C)cnc1NCC1CCN(C(=O)OC(C)(C)C)CC1. The van der Waals surface area contributed by atoms with E-state index in [1.807, 2.05) is 27.7 Å². The Balaban J connectivity index is 1.80. The smallest absolute Gasteiger partial charge is 0.410 e. The van der Waals surface area contributed by atoms with E-state index in [1.165, 1.54) is 0 Å². The van der Waals surface area contributed by atoms with Crippen LogP contribution in [-0.2, 0) is 4.74 Å². The Labute approximate surface area is 143 Å². The van der Waals surface area contributed by atoms with Gasteiger partial charge in [0.2, 0.25) is 0 Å². The van der Waals surface area contributed by atoms with Gasteiger partial charge in [-0.25, -0.2) is 14.8 Å². The predicted molar refractivity (Wildman–Crippen MR) is 92.3 cm³/mol. The highest BCUT2D eigenvalue weighted by atomic mass is 16.6. The first-order valence-electron chi connectivity index (χ1n) is 8.38. The van der Waals surface area contributed by atoms with Crippen LogP contribution in [0.25, 0.3) is 0 Å². The average molecular weight is 336 g/mol. The van der Waals surface area contributed by atoms with Crippen LogP contribution in [0, 0.1) is 12.8 Å². The molecule has 7 heteroatoms. The van der Waals surface area contributed by atoms with Crippen LogP contribution in [-0.4, -0.2) is 53.3 Å². The van der Waals surface area contributed by atoms with Gasteiger partial charge >= 0.3 is 6.09 Å². The first kappa shape index (κ1) is 18.3. The van der Waals surface area contributed by atoms with Crippen molar-refractivity contribution in [3.05, 3.63) is 11.9 Å². The van der Waals surface area contributed by atoms with Crippen molar-refractivity contribution in [2.45, 2.75) is 46.1 Å². The Hall–Kier alpha value is -2.05. The van der Waals surface area contributed by atoms with Crippen molar-refractivity contribution in [1.29, 1.82) is 0 Å². The highest BCUT2D eigenvalue weighted by Crippen LogP contribution is 2.22. The summed E-state index contributed by atoms with van der Waals surface area (Å²) in [6.45, 7) is 9.77. The lowest BCUT2D eigenvalue weighted by Crippen LogP contribution is -2.42. The molecule has 0 unspecified atom stereocenters.